The Balaban J connectivity index is 3.08. The largest absolute Gasteiger partial charge is 0.493 e. The van der Waals surface area contributed by atoms with Gasteiger partial charge < -0.3 is 9.47 Å². The summed E-state index contributed by atoms with van der Waals surface area (Å²) in [5.41, 5.74) is 0.153. The molecule has 0 aliphatic carbocycles. The number of ether oxygens (including phenoxy) is 2. The zero-order valence-corrected chi connectivity index (χ0v) is 11.3. The molecule has 17 heavy (non-hydrogen) atoms. The van der Waals surface area contributed by atoms with Crippen LogP contribution in [-0.2, 0) is 0 Å². The van der Waals surface area contributed by atoms with Crippen LogP contribution in [0.3, 0.4) is 0 Å². The second-order valence-electron chi connectivity index (χ2n) is 3.44. The standard InChI is InChI=1S/C12H14BrFO3/c1-3-4-5-17-12-9(13)6-8(7-15)11(16-2)10(12)14/h6-7H,3-5H2,1-2H3. The van der Waals surface area contributed by atoms with Gasteiger partial charge in [-0.15, -0.1) is 0 Å². The predicted octanol–water partition coefficient (Wildman–Crippen LogP) is 3.59. The van der Waals surface area contributed by atoms with Crippen LogP contribution in [0.15, 0.2) is 10.5 Å². The highest BCUT2D eigenvalue weighted by Gasteiger charge is 2.18. The third kappa shape index (κ3) is 3.19. The number of aldehydes is 1. The molecule has 0 spiro atoms. The van der Waals surface area contributed by atoms with Crippen LogP contribution in [0.5, 0.6) is 11.5 Å². The van der Waals surface area contributed by atoms with Crippen LogP contribution >= 0.6 is 15.9 Å². The van der Waals surface area contributed by atoms with Gasteiger partial charge in [0.1, 0.15) is 0 Å². The first-order chi connectivity index (χ1) is 8.15. The van der Waals surface area contributed by atoms with E-state index in [2.05, 4.69) is 15.9 Å². The average Bonchev–Trinajstić information content (AvgIpc) is 2.32. The van der Waals surface area contributed by atoms with Crippen molar-refractivity contribution in [2.24, 2.45) is 0 Å². The molecule has 0 bridgehead atoms. The number of hydrogen-bond donors (Lipinski definition) is 0. The summed E-state index contributed by atoms with van der Waals surface area (Å²) < 4.78 is 24.6. The summed E-state index contributed by atoms with van der Waals surface area (Å²) >= 11 is 3.17. The van der Waals surface area contributed by atoms with Crippen LogP contribution in [0.1, 0.15) is 30.1 Å². The minimum Gasteiger partial charge on any atom is -0.493 e. The van der Waals surface area contributed by atoms with E-state index >= 15 is 0 Å². The maximum atomic E-state index is 14.0. The molecule has 3 nitrogen and oxygen atoms in total. The molecule has 0 aliphatic rings. The van der Waals surface area contributed by atoms with Crippen LogP contribution in [0, 0.1) is 5.82 Å². The van der Waals surface area contributed by atoms with E-state index in [0.29, 0.717) is 17.4 Å². The lowest BCUT2D eigenvalue weighted by molar-refractivity contribution is 0.111. The van der Waals surface area contributed by atoms with Gasteiger partial charge in [0.15, 0.2) is 17.8 Å². The first-order valence-electron chi connectivity index (χ1n) is 5.29. The molecular formula is C12H14BrFO3. The third-order valence-corrected chi connectivity index (χ3v) is 2.82. The third-order valence-electron chi connectivity index (χ3n) is 2.24. The normalized spacial score (nSPS) is 10.1. The Labute approximate surface area is 108 Å². The van der Waals surface area contributed by atoms with Crippen LogP contribution < -0.4 is 9.47 Å². The topological polar surface area (TPSA) is 35.5 Å². The van der Waals surface area contributed by atoms with Crippen molar-refractivity contribution in [2.45, 2.75) is 19.8 Å². The van der Waals surface area contributed by atoms with E-state index in [4.69, 9.17) is 9.47 Å². The van der Waals surface area contributed by atoms with E-state index < -0.39 is 5.82 Å². The van der Waals surface area contributed by atoms with E-state index in [1.54, 1.807) is 0 Å². The minimum absolute atomic E-state index is 0.0842. The van der Waals surface area contributed by atoms with E-state index in [0.717, 1.165) is 12.8 Å². The molecule has 0 heterocycles. The lowest BCUT2D eigenvalue weighted by atomic mass is 10.2. The monoisotopic (exact) mass is 304 g/mol. The van der Waals surface area contributed by atoms with Crippen molar-refractivity contribution in [1.29, 1.82) is 0 Å². The molecule has 5 heteroatoms. The smallest absolute Gasteiger partial charge is 0.208 e. The predicted molar refractivity (Wildman–Crippen MR) is 66.4 cm³/mol. The van der Waals surface area contributed by atoms with Gasteiger partial charge in [0, 0.05) is 0 Å². The number of halogens is 2. The summed E-state index contributed by atoms with van der Waals surface area (Å²) in [6.07, 6.45) is 2.34. The number of carbonyl (C=O) groups is 1. The van der Waals surface area contributed by atoms with Gasteiger partial charge in [-0.3, -0.25) is 4.79 Å². The van der Waals surface area contributed by atoms with Gasteiger partial charge in [-0.25, -0.2) is 0 Å². The van der Waals surface area contributed by atoms with Gasteiger partial charge in [-0.2, -0.15) is 4.39 Å². The zero-order valence-electron chi connectivity index (χ0n) is 9.76. The zero-order chi connectivity index (χ0) is 12.8. The summed E-state index contributed by atoms with van der Waals surface area (Å²) in [6.45, 7) is 2.44. The Morgan fingerprint density at radius 2 is 2.18 bits per heavy atom. The number of carbonyl (C=O) groups excluding carboxylic acids is 1. The van der Waals surface area contributed by atoms with Crippen molar-refractivity contribution >= 4 is 22.2 Å². The average molecular weight is 305 g/mol. The molecule has 0 saturated heterocycles. The fraction of sp³-hybridized carbons (Fsp3) is 0.417. The van der Waals surface area contributed by atoms with Crippen molar-refractivity contribution < 1.29 is 18.7 Å². The highest BCUT2D eigenvalue weighted by Crippen LogP contribution is 2.36. The number of hydrogen-bond acceptors (Lipinski definition) is 3. The lowest BCUT2D eigenvalue weighted by Crippen LogP contribution is -2.03. The molecule has 1 aromatic carbocycles. The number of unbranched alkanes of at least 4 members (excludes halogenated alkanes) is 1. The maximum Gasteiger partial charge on any atom is 0.208 e. The lowest BCUT2D eigenvalue weighted by Gasteiger charge is -2.13. The number of methoxy groups -OCH3 is 1. The molecule has 0 aromatic heterocycles. The molecule has 0 fully saturated rings. The summed E-state index contributed by atoms with van der Waals surface area (Å²) in [6, 6.07) is 1.48. The summed E-state index contributed by atoms with van der Waals surface area (Å²) in [4.78, 5) is 10.8. The Morgan fingerprint density at radius 1 is 1.47 bits per heavy atom. The van der Waals surface area contributed by atoms with Gasteiger partial charge in [0.05, 0.1) is 23.8 Å². The maximum absolute atomic E-state index is 14.0. The summed E-state index contributed by atoms with van der Waals surface area (Å²) in [7, 11) is 1.31. The molecular weight excluding hydrogens is 291 g/mol. The summed E-state index contributed by atoms with van der Waals surface area (Å²) in [5.74, 6) is -0.657. The second-order valence-corrected chi connectivity index (χ2v) is 4.30. The molecule has 0 amide bonds. The SMILES string of the molecule is CCCCOc1c(Br)cc(C=O)c(OC)c1F. The van der Waals surface area contributed by atoms with Crippen LogP contribution in [0.25, 0.3) is 0 Å². The molecule has 0 N–H and O–H groups in total. The van der Waals surface area contributed by atoms with Crippen molar-refractivity contribution in [3.63, 3.8) is 0 Å². The highest BCUT2D eigenvalue weighted by molar-refractivity contribution is 9.10. The van der Waals surface area contributed by atoms with Crippen molar-refractivity contribution in [3.8, 4) is 11.5 Å². The Kier molecular flexibility index (Phi) is 5.41. The van der Waals surface area contributed by atoms with Crippen LogP contribution in [-0.4, -0.2) is 20.0 Å². The van der Waals surface area contributed by atoms with Gasteiger partial charge in [-0.05, 0) is 28.4 Å². The van der Waals surface area contributed by atoms with E-state index in [-0.39, 0.29) is 17.1 Å². The van der Waals surface area contributed by atoms with E-state index in [1.165, 1.54) is 13.2 Å². The Hall–Kier alpha value is -1.10. The van der Waals surface area contributed by atoms with Crippen molar-refractivity contribution in [3.05, 3.63) is 21.9 Å². The minimum atomic E-state index is -0.653. The van der Waals surface area contributed by atoms with Gasteiger partial charge in [0.2, 0.25) is 5.82 Å². The van der Waals surface area contributed by atoms with Crippen LogP contribution in [0.4, 0.5) is 4.39 Å². The second kappa shape index (κ2) is 6.59. The molecule has 1 rings (SSSR count). The Morgan fingerprint density at radius 3 is 2.71 bits per heavy atom. The molecule has 0 aliphatic heterocycles. The highest BCUT2D eigenvalue weighted by atomic mass is 79.9. The molecule has 94 valence electrons. The van der Waals surface area contributed by atoms with E-state index in [1.807, 2.05) is 6.92 Å². The van der Waals surface area contributed by atoms with Gasteiger partial charge in [-0.1, -0.05) is 13.3 Å². The molecule has 0 radical (unpaired) electrons. The number of benzene rings is 1. The molecule has 1 aromatic rings. The van der Waals surface area contributed by atoms with Gasteiger partial charge >= 0.3 is 0 Å². The first kappa shape index (κ1) is 14.0. The van der Waals surface area contributed by atoms with Crippen molar-refractivity contribution in [1.82, 2.24) is 0 Å². The summed E-state index contributed by atoms with van der Waals surface area (Å²) in [5, 5.41) is 0. The first-order valence-corrected chi connectivity index (χ1v) is 6.08. The fourth-order valence-electron chi connectivity index (χ4n) is 1.35. The van der Waals surface area contributed by atoms with E-state index in [9.17, 15) is 9.18 Å². The fourth-order valence-corrected chi connectivity index (χ4v) is 1.88. The van der Waals surface area contributed by atoms with Crippen LogP contribution in [0.2, 0.25) is 0 Å². The number of rotatable bonds is 6. The molecule has 0 unspecified atom stereocenters. The quantitative estimate of drug-likeness (QED) is 0.595. The molecule has 0 saturated carbocycles. The molecule has 0 atom stereocenters. The van der Waals surface area contributed by atoms with Gasteiger partial charge in [0.25, 0.3) is 0 Å². The Bertz CT molecular complexity index is 407. The van der Waals surface area contributed by atoms with Crippen molar-refractivity contribution in [2.75, 3.05) is 13.7 Å².